The molecular formula is C18H20N4O3S. The van der Waals surface area contributed by atoms with Crippen LogP contribution in [0.3, 0.4) is 0 Å². The highest BCUT2D eigenvalue weighted by Gasteiger charge is 2.12. The number of anilines is 1. The van der Waals surface area contributed by atoms with Gasteiger partial charge in [-0.2, -0.15) is 5.10 Å². The van der Waals surface area contributed by atoms with Gasteiger partial charge in [0.1, 0.15) is 0 Å². The number of aromatic nitrogens is 2. The fraction of sp³-hybridized carbons (Fsp3) is 0.222. The second kappa shape index (κ2) is 7.57. The van der Waals surface area contributed by atoms with Crippen LogP contribution in [0.15, 0.2) is 54.9 Å². The summed E-state index contributed by atoms with van der Waals surface area (Å²) in [5.74, 6) is -0.400. The minimum atomic E-state index is -3.56. The standard InChI is InChI=1S/C18H20N4O3S/c1-14-3-2-4-15(11-14)12-18(23)19-8-10-26(24,25)21-16-6-9-22-17(13-16)5-7-20-22/h2-7,9,11,13,21H,8,10,12H2,1H3,(H,19,23). The van der Waals surface area contributed by atoms with Crippen molar-refractivity contribution >= 4 is 27.1 Å². The van der Waals surface area contributed by atoms with Crippen molar-refractivity contribution in [2.45, 2.75) is 13.3 Å². The Kier molecular flexibility index (Phi) is 5.22. The molecule has 0 atom stereocenters. The molecule has 0 saturated heterocycles. The largest absolute Gasteiger partial charge is 0.355 e. The van der Waals surface area contributed by atoms with Crippen LogP contribution in [0.25, 0.3) is 5.52 Å². The highest BCUT2D eigenvalue weighted by Crippen LogP contribution is 2.13. The van der Waals surface area contributed by atoms with E-state index >= 15 is 0 Å². The number of fused-ring (bicyclic) bond motifs is 1. The smallest absolute Gasteiger partial charge is 0.234 e. The van der Waals surface area contributed by atoms with Gasteiger partial charge in [0.15, 0.2) is 0 Å². The van der Waals surface area contributed by atoms with Crippen molar-refractivity contribution in [1.82, 2.24) is 14.9 Å². The third kappa shape index (κ3) is 4.82. The van der Waals surface area contributed by atoms with E-state index in [4.69, 9.17) is 0 Å². The van der Waals surface area contributed by atoms with Gasteiger partial charge in [-0.1, -0.05) is 29.8 Å². The minimum Gasteiger partial charge on any atom is -0.355 e. The first-order valence-corrected chi connectivity index (χ1v) is 9.83. The van der Waals surface area contributed by atoms with Crippen molar-refractivity contribution in [1.29, 1.82) is 0 Å². The molecule has 0 fully saturated rings. The van der Waals surface area contributed by atoms with Gasteiger partial charge in [0.2, 0.25) is 15.9 Å². The van der Waals surface area contributed by atoms with Gasteiger partial charge in [0, 0.05) is 18.9 Å². The van der Waals surface area contributed by atoms with Gasteiger partial charge >= 0.3 is 0 Å². The van der Waals surface area contributed by atoms with Gasteiger partial charge < -0.3 is 5.32 Å². The fourth-order valence-corrected chi connectivity index (χ4v) is 3.57. The Balaban J connectivity index is 1.50. The number of nitrogens with zero attached hydrogens (tertiary/aromatic N) is 2. The zero-order chi connectivity index (χ0) is 18.6. The molecule has 0 radical (unpaired) electrons. The molecule has 1 amide bonds. The third-order valence-corrected chi connectivity index (χ3v) is 5.10. The normalized spacial score (nSPS) is 11.4. The van der Waals surface area contributed by atoms with Gasteiger partial charge in [-0.25, -0.2) is 12.9 Å². The number of pyridine rings is 1. The number of amides is 1. The minimum absolute atomic E-state index is 0.0505. The molecule has 2 N–H and O–H groups in total. The Morgan fingerprint density at radius 3 is 2.85 bits per heavy atom. The zero-order valence-electron chi connectivity index (χ0n) is 14.3. The number of sulfonamides is 1. The first kappa shape index (κ1) is 17.9. The molecule has 8 heteroatoms. The predicted molar refractivity (Wildman–Crippen MR) is 100 cm³/mol. The first-order valence-electron chi connectivity index (χ1n) is 8.17. The molecule has 0 spiro atoms. The summed E-state index contributed by atoms with van der Waals surface area (Å²) in [6, 6.07) is 12.8. The molecule has 0 aliphatic heterocycles. The monoisotopic (exact) mass is 372 g/mol. The summed E-state index contributed by atoms with van der Waals surface area (Å²) >= 11 is 0. The van der Waals surface area contributed by atoms with Crippen LogP contribution in [0.2, 0.25) is 0 Å². The van der Waals surface area contributed by atoms with E-state index in [1.807, 2.05) is 31.2 Å². The average Bonchev–Trinajstić information content (AvgIpc) is 3.01. The second-order valence-corrected chi connectivity index (χ2v) is 7.89. The lowest BCUT2D eigenvalue weighted by molar-refractivity contribution is -0.120. The van der Waals surface area contributed by atoms with Gasteiger partial charge in [-0.3, -0.25) is 9.52 Å². The topological polar surface area (TPSA) is 92.6 Å². The summed E-state index contributed by atoms with van der Waals surface area (Å²) in [7, 11) is -3.56. The van der Waals surface area contributed by atoms with E-state index in [0.29, 0.717) is 5.69 Å². The van der Waals surface area contributed by atoms with Crippen molar-refractivity contribution in [2.24, 2.45) is 0 Å². The van der Waals surface area contributed by atoms with E-state index in [1.54, 1.807) is 35.1 Å². The average molecular weight is 372 g/mol. The molecule has 2 aromatic heterocycles. The number of aryl methyl sites for hydroxylation is 1. The van der Waals surface area contributed by atoms with Gasteiger partial charge in [-0.15, -0.1) is 0 Å². The third-order valence-electron chi connectivity index (χ3n) is 3.81. The van der Waals surface area contributed by atoms with E-state index in [0.717, 1.165) is 16.6 Å². The lowest BCUT2D eigenvalue weighted by atomic mass is 10.1. The lowest BCUT2D eigenvalue weighted by Crippen LogP contribution is -2.32. The summed E-state index contributed by atoms with van der Waals surface area (Å²) in [5.41, 5.74) is 3.23. The SMILES string of the molecule is Cc1cccc(CC(=O)NCCS(=O)(=O)Nc2ccn3nccc3c2)c1. The first-order chi connectivity index (χ1) is 12.4. The van der Waals surface area contributed by atoms with Crippen molar-refractivity contribution in [3.63, 3.8) is 0 Å². The summed E-state index contributed by atoms with van der Waals surface area (Å²) in [6.07, 6.45) is 3.54. The van der Waals surface area contributed by atoms with Crippen molar-refractivity contribution in [2.75, 3.05) is 17.0 Å². The Morgan fingerprint density at radius 1 is 1.19 bits per heavy atom. The van der Waals surface area contributed by atoms with Crippen LogP contribution in [0, 0.1) is 6.92 Å². The van der Waals surface area contributed by atoms with Crippen LogP contribution in [0.4, 0.5) is 5.69 Å². The van der Waals surface area contributed by atoms with Gasteiger partial charge in [0.25, 0.3) is 0 Å². The number of benzene rings is 1. The number of nitrogens with one attached hydrogen (secondary N) is 2. The highest BCUT2D eigenvalue weighted by atomic mass is 32.2. The molecule has 0 unspecified atom stereocenters. The Labute approximate surface area is 152 Å². The van der Waals surface area contributed by atoms with Crippen LogP contribution in [-0.2, 0) is 21.2 Å². The van der Waals surface area contributed by atoms with E-state index in [2.05, 4.69) is 15.1 Å². The maximum Gasteiger partial charge on any atom is 0.234 e. The van der Waals surface area contributed by atoms with Crippen LogP contribution >= 0.6 is 0 Å². The molecule has 2 heterocycles. The maximum atomic E-state index is 12.2. The Hall–Kier alpha value is -2.87. The number of carbonyl (C=O) groups excluding carboxylic acids is 1. The van der Waals surface area contributed by atoms with Gasteiger partial charge in [0.05, 0.1) is 23.4 Å². The van der Waals surface area contributed by atoms with Crippen LogP contribution in [0.1, 0.15) is 11.1 Å². The van der Waals surface area contributed by atoms with Crippen molar-refractivity contribution in [3.8, 4) is 0 Å². The molecule has 0 saturated carbocycles. The molecule has 0 bridgehead atoms. The van der Waals surface area contributed by atoms with Crippen LogP contribution < -0.4 is 10.0 Å². The molecule has 26 heavy (non-hydrogen) atoms. The molecule has 0 aliphatic rings. The van der Waals surface area contributed by atoms with E-state index in [-0.39, 0.29) is 24.6 Å². The van der Waals surface area contributed by atoms with E-state index in [9.17, 15) is 13.2 Å². The number of hydrogen-bond acceptors (Lipinski definition) is 4. The van der Waals surface area contributed by atoms with Crippen LogP contribution in [0.5, 0.6) is 0 Å². The summed E-state index contributed by atoms with van der Waals surface area (Å²) in [6.45, 7) is 2.01. The quantitative estimate of drug-likeness (QED) is 0.661. The molecule has 3 aromatic rings. The molecular weight excluding hydrogens is 352 g/mol. The highest BCUT2D eigenvalue weighted by molar-refractivity contribution is 7.92. The van der Waals surface area contributed by atoms with Crippen molar-refractivity contribution in [3.05, 3.63) is 66.0 Å². The predicted octanol–water partition coefficient (Wildman–Crippen LogP) is 1.74. The second-order valence-electron chi connectivity index (χ2n) is 6.05. The van der Waals surface area contributed by atoms with Crippen molar-refractivity contribution < 1.29 is 13.2 Å². The fourth-order valence-electron chi connectivity index (χ4n) is 2.61. The zero-order valence-corrected chi connectivity index (χ0v) is 15.2. The van der Waals surface area contributed by atoms with E-state index in [1.165, 1.54) is 0 Å². The number of carbonyl (C=O) groups is 1. The maximum absolute atomic E-state index is 12.2. The Morgan fingerprint density at radius 2 is 2.04 bits per heavy atom. The summed E-state index contributed by atoms with van der Waals surface area (Å²) < 4.78 is 28.5. The Bertz CT molecular complexity index is 1030. The molecule has 3 rings (SSSR count). The molecule has 7 nitrogen and oxygen atoms in total. The molecule has 136 valence electrons. The van der Waals surface area contributed by atoms with Gasteiger partial charge in [-0.05, 0) is 30.7 Å². The number of rotatable bonds is 7. The van der Waals surface area contributed by atoms with Crippen LogP contribution in [-0.4, -0.2) is 36.2 Å². The molecule has 1 aromatic carbocycles. The lowest BCUT2D eigenvalue weighted by Gasteiger charge is -2.09. The number of hydrogen-bond donors (Lipinski definition) is 2. The van der Waals surface area contributed by atoms with E-state index < -0.39 is 10.0 Å². The molecule has 0 aliphatic carbocycles. The summed E-state index contributed by atoms with van der Waals surface area (Å²) in [5, 5.41) is 6.70. The summed E-state index contributed by atoms with van der Waals surface area (Å²) in [4.78, 5) is 11.9.